The number of hydrogen-bond acceptors (Lipinski definition) is 3. The third-order valence-corrected chi connectivity index (χ3v) is 4.67. The first-order valence-electron chi connectivity index (χ1n) is 6.62. The summed E-state index contributed by atoms with van der Waals surface area (Å²) in [6.07, 6.45) is 2.92. The van der Waals surface area contributed by atoms with E-state index in [4.69, 9.17) is 0 Å². The summed E-state index contributed by atoms with van der Waals surface area (Å²) in [5, 5.41) is 3.45. The average molecular weight is 263 g/mol. The molecule has 0 aromatic rings. The van der Waals surface area contributed by atoms with Crippen LogP contribution in [-0.2, 0) is 9.84 Å². The standard InChI is InChI=1S/C13H29NO2S/c1-6-17(15,16)11-7-8-12(2)9-10-14-13(3,4)5/h12,14H,6-11H2,1-5H3. The minimum Gasteiger partial charge on any atom is -0.312 e. The van der Waals surface area contributed by atoms with E-state index in [1.165, 1.54) is 0 Å². The second-order valence-corrected chi connectivity index (χ2v) is 8.42. The lowest BCUT2D eigenvalue weighted by atomic mass is 10.0. The molecule has 0 fully saturated rings. The zero-order valence-corrected chi connectivity index (χ0v) is 12.9. The Morgan fingerprint density at radius 3 is 2.24 bits per heavy atom. The maximum Gasteiger partial charge on any atom is 0.150 e. The van der Waals surface area contributed by atoms with Gasteiger partial charge in [-0.25, -0.2) is 8.42 Å². The quantitative estimate of drug-likeness (QED) is 0.732. The Morgan fingerprint density at radius 2 is 1.76 bits per heavy atom. The van der Waals surface area contributed by atoms with Gasteiger partial charge in [0.2, 0.25) is 0 Å². The fraction of sp³-hybridized carbons (Fsp3) is 1.00. The molecule has 0 heterocycles. The molecular formula is C13H29NO2S. The van der Waals surface area contributed by atoms with Crippen molar-refractivity contribution in [3.05, 3.63) is 0 Å². The topological polar surface area (TPSA) is 46.2 Å². The van der Waals surface area contributed by atoms with Crippen molar-refractivity contribution in [3.63, 3.8) is 0 Å². The highest BCUT2D eigenvalue weighted by Crippen LogP contribution is 2.11. The number of hydrogen-bond donors (Lipinski definition) is 1. The Hall–Kier alpha value is -0.0900. The Labute approximate surface area is 107 Å². The fourth-order valence-electron chi connectivity index (χ4n) is 1.63. The maximum atomic E-state index is 11.3. The summed E-state index contributed by atoms with van der Waals surface area (Å²) >= 11 is 0. The van der Waals surface area contributed by atoms with Crippen molar-refractivity contribution < 1.29 is 8.42 Å². The highest BCUT2D eigenvalue weighted by atomic mass is 32.2. The molecule has 0 aromatic carbocycles. The van der Waals surface area contributed by atoms with E-state index in [1.807, 2.05) is 0 Å². The van der Waals surface area contributed by atoms with Gasteiger partial charge in [-0.2, -0.15) is 0 Å². The van der Waals surface area contributed by atoms with E-state index in [0.717, 1.165) is 25.8 Å². The summed E-state index contributed by atoms with van der Waals surface area (Å²) in [6, 6.07) is 0. The molecule has 0 spiro atoms. The molecule has 3 nitrogen and oxygen atoms in total. The molecule has 1 unspecified atom stereocenters. The summed E-state index contributed by atoms with van der Waals surface area (Å²) < 4.78 is 22.6. The van der Waals surface area contributed by atoms with Gasteiger partial charge in [-0.05, 0) is 52.5 Å². The van der Waals surface area contributed by atoms with Gasteiger partial charge in [0.05, 0.1) is 5.75 Å². The molecule has 0 rings (SSSR count). The van der Waals surface area contributed by atoms with Crippen LogP contribution in [0.4, 0.5) is 0 Å². The number of rotatable bonds is 8. The van der Waals surface area contributed by atoms with Crippen LogP contribution in [0.2, 0.25) is 0 Å². The van der Waals surface area contributed by atoms with E-state index >= 15 is 0 Å². The highest BCUT2D eigenvalue weighted by Gasteiger charge is 2.11. The van der Waals surface area contributed by atoms with Gasteiger partial charge in [0.15, 0.2) is 0 Å². The molecular weight excluding hydrogens is 234 g/mol. The minimum atomic E-state index is -2.77. The van der Waals surface area contributed by atoms with Gasteiger partial charge in [0.1, 0.15) is 9.84 Å². The van der Waals surface area contributed by atoms with Gasteiger partial charge in [-0.15, -0.1) is 0 Å². The van der Waals surface area contributed by atoms with Crippen molar-refractivity contribution in [2.24, 2.45) is 5.92 Å². The maximum absolute atomic E-state index is 11.3. The van der Waals surface area contributed by atoms with Crippen LogP contribution in [0.15, 0.2) is 0 Å². The molecule has 104 valence electrons. The van der Waals surface area contributed by atoms with Gasteiger partial charge in [-0.1, -0.05) is 13.8 Å². The molecule has 1 N–H and O–H groups in total. The first-order chi connectivity index (χ1) is 7.66. The fourth-order valence-corrected chi connectivity index (χ4v) is 2.53. The predicted molar refractivity (Wildman–Crippen MR) is 75.1 cm³/mol. The lowest BCUT2D eigenvalue weighted by Gasteiger charge is -2.21. The second kappa shape index (κ2) is 7.37. The van der Waals surface area contributed by atoms with Crippen molar-refractivity contribution in [1.82, 2.24) is 5.32 Å². The number of nitrogens with one attached hydrogen (secondary N) is 1. The molecule has 0 aliphatic carbocycles. The van der Waals surface area contributed by atoms with Crippen LogP contribution in [0, 0.1) is 5.92 Å². The molecule has 0 radical (unpaired) electrons. The SMILES string of the molecule is CCS(=O)(=O)CCCC(C)CCNC(C)(C)C. The largest absolute Gasteiger partial charge is 0.312 e. The minimum absolute atomic E-state index is 0.172. The van der Waals surface area contributed by atoms with Crippen LogP contribution >= 0.6 is 0 Å². The Morgan fingerprint density at radius 1 is 1.18 bits per heavy atom. The molecule has 0 saturated heterocycles. The van der Waals surface area contributed by atoms with Crippen LogP contribution in [0.1, 0.15) is 53.9 Å². The van der Waals surface area contributed by atoms with Crippen molar-refractivity contribution in [2.45, 2.75) is 59.4 Å². The molecule has 4 heteroatoms. The van der Waals surface area contributed by atoms with Gasteiger partial charge in [-0.3, -0.25) is 0 Å². The second-order valence-electron chi connectivity index (χ2n) is 5.95. The van der Waals surface area contributed by atoms with Gasteiger partial charge in [0, 0.05) is 11.3 Å². The van der Waals surface area contributed by atoms with Crippen molar-refractivity contribution in [3.8, 4) is 0 Å². The van der Waals surface area contributed by atoms with E-state index in [2.05, 4.69) is 33.0 Å². The average Bonchev–Trinajstić information content (AvgIpc) is 2.15. The monoisotopic (exact) mass is 263 g/mol. The van der Waals surface area contributed by atoms with E-state index in [0.29, 0.717) is 11.7 Å². The first kappa shape index (κ1) is 16.9. The Bertz CT molecular complexity index is 291. The van der Waals surface area contributed by atoms with Gasteiger partial charge in [0.25, 0.3) is 0 Å². The smallest absolute Gasteiger partial charge is 0.150 e. The van der Waals surface area contributed by atoms with Crippen molar-refractivity contribution in [2.75, 3.05) is 18.1 Å². The predicted octanol–water partition coefficient (Wildman–Crippen LogP) is 2.62. The summed E-state index contributed by atoms with van der Waals surface area (Å²) in [4.78, 5) is 0. The van der Waals surface area contributed by atoms with E-state index in [-0.39, 0.29) is 11.3 Å². The summed E-state index contributed by atoms with van der Waals surface area (Å²) in [5.74, 6) is 1.21. The zero-order valence-electron chi connectivity index (χ0n) is 12.0. The molecule has 0 saturated carbocycles. The Kier molecular flexibility index (Phi) is 7.33. The highest BCUT2D eigenvalue weighted by molar-refractivity contribution is 7.91. The summed E-state index contributed by atoms with van der Waals surface area (Å²) in [6.45, 7) is 11.4. The van der Waals surface area contributed by atoms with Crippen molar-refractivity contribution in [1.29, 1.82) is 0 Å². The third-order valence-electron chi connectivity index (χ3n) is 2.88. The lowest BCUT2D eigenvalue weighted by Crippen LogP contribution is -2.36. The molecule has 1 atom stereocenters. The van der Waals surface area contributed by atoms with Crippen LogP contribution in [0.3, 0.4) is 0 Å². The molecule has 0 aliphatic rings. The Balaban J connectivity index is 3.64. The third kappa shape index (κ3) is 10.8. The van der Waals surface area contributed by atoms with Crippen LogP contribution in [-0.4, -0.2) is 32.0 Å². The molecule has 0 amide bonds. The molecule has 0 bridgehead atoms. The molecule has 0 aliphatic heterocycles. The van der Waals surface area contributed by atoms with Crippen molar-refractivity contribution >= 4 is 9.84 Å². The molecule has 0 aromatic heterocycles. The first-order valence-corrected chi connectivity index (χ1v) is 8.44. The number of sulfone groups is 1. The van der Waals surface area contributed by atoms with E-state index in [1.54, 1.807) is 6.92 Å². The van der Waals surface area contributed by atoms with E-state index < -0.39 is 9.84 Å². The van der Waals surface area contributed by atoms with Gasteiger partial charge < -0.3 is 5.32 Å². The van der Waals surface area contributed by atoms with E-state index in [9.17, 15) is 8.42 Å². The van der Waals surface area contributed by atoms with Crippen LogP contribution in [0.25, 0.3) is 0 Å². The van der Waals surface area contributed by atoms with Crippen LogP contribution in [0.5, 0.6) is 0 Å². The summed E-state index contributed by atoms with van der Waals surface area (Å²) in [5.41, 5.74) is 0.172. The zero-order chi connectivity index (χ0) is 13.5. The van der Waals surface area contributed by atoms with Gasteiger partial charge >= 0.3 is 0 Å². The molecule has 17 heavy (non-hydrogen) atoms. The lowest BCUT2D eigenvalue weighted by molar-refractivity contribution is 0.385. The summed E-state index contributed by atoms with van der Waals surface area (Å²) in [7, 11) is -2.77. The normalized spacial score (nSPS) is 14.9. The van der Waals surface area contributed by atoms with Crippen LogP contribution < -0.4 is 5.32 Å².